The van der Waals surface area contributed by atoms with Gasteiger partial charge in [-0.2, -0.15) is 0 Å². The molecule has 60 valence electrons. The van der Waals surface area contributed by atoms with E-state index in [0.29, 0.717) is 0 Å². The maximum Gasteiger partial charge on any atom is 0.252 e. The lowest BCUT2D eigenvalue weighted by atomic mass is 10.1. The Hall–Kier alpha value is -1.57. The molecule has 0 aromatic heterocycles. The summed E-state index contributed by atoms with van der Waals surface area (Å²) in [6.45, 7) is 3.66. The number of amides is 1. The summed E-state index contributed by atoms with van der Waals surface area (Å²) in [6.07, 6.45) is 1.74. The number of nitrogens with one attached hydrogen (secondary N) is 1. The zero-order chi connectivity index (χ0) is 8.55. The zero-order valence-corrected chi connectivity index (χ0v) is 6.58. The van der Waals surface area contributed by atoms with Crippen molar-refractivity contribution in [2.75, 3.05) is 0 Å². The Morgan fingerprint density at radius 1 is 1.42 bits per heavy atom. The first kappa shape index (κ1) is 7.10. The first-order chi connectivity index (χ1) is 5.83. The number of fused-ring (bicyclic) bond motifs is 1. The van der Waals surface area contributed by atoms with Gasteiger partial charge in [-0.25, -0.2) is 0 Å². The van der Waals surface area contributed by atoms with Crippen LogP contribution in [0.2, 0.25) is 0 Å². The lowest BCUT2D eigenvalue weighted by molar-refractivity contribution is 0.0961. The summed E-state index contributed by atoms with van der Waals surface area (Å²) in [5.74, 6) is -0.00417. The van der Waals surface area contributed by atoms with Crippen molar-refractivity contribution in [1.82, 2.24) is 5.32 Å². The van der Waals surface area contributed by atoms with Gasteiger partial charge in [0.2, 0.25) is 0 Å². The van der Waals surface area contributed by atoms with E-state index in [1.165, 1.54) is 0 Å². The standard InChI is InChI=1S/C10H9NO/c1-2-9-7-5-3-4-6-8(7)10(12)11-9/h2-6,9H,1H2,(H,11,12). The summed E-state index contributed by atoms with van der Waals surface area (Å²) < 4.78 is 0. The van der Waals surface area contributed by atoms with Crippen LogP contribution in [0.5, 0.6) is 0 Å². The van der Waals surface area contributed by atoms with E-state index in [-0.39, 0.29) is 11.9 Å². The summed E-state index contributed by atoms with van der Waals surface area (Å²) in [5, 5.41) is 2.81. The average molecular weight is 159 g/mol. The highest BCUT2D eigenvalue weighted by molar-refractivity contribution is 5.99. The molecule has 1 N–H and O–H groups in total. The van der Waals surface area contributed by atoms with Crippen LogP contribution in [0.3, 0.4) is 0 Å². The molecule has 1 aliphatic heterocycles. The molecule has 2 heteroatoms. The molecule has 2 rings (SSSR count). The van der Waals surface area contributed by atoms with E-state index < -0.39 is 0 Å². The van der Waals surface area contributed by atoms with E-state index in [1.807, 2.05) is 24.3 Å². The van der Waals surface area contributed by atoms with E-state index in [9.17, 15) is 4.79 Å². The summed E-state index contributed by atoms with van der Waals surface area (Å²) >= 11 is 0. The molecule has 0 saturated carbocycles. The van der Waals surface area contributed by atoms with Crippen molar-refractivity contribution in [3.63, 3.8) is 0 Å². The average Bonchev–Trinajstić information content (AvgIpc) is 2.44. The third-order valence-electron chi connectivity index (χ3n) is 2.06. The summed E-state index contributed by atoms with van der Waals surface area (Å²) in [4.78, 5) is 11.3. The maximum atomic E-state index is 11.3. The van der Waals surface area contributed by atoms with Crippen LogP contribution in [-0.4, -0.2) is 5.91 Å². The molecule has 1 aromatic rings. The van der Waals surface area contributed by atoms with Gasteiger partial charge in [-0.1, -0.05) is 24.3 Å². The Balaban J connectivity index is 2.57. The van der Waals surface area contributed by atoms with Crippen molar-refractivity contribution >= 4 is 5.91 Å². The summed E-state index contributed by atoms with van der Waals surface area (Å²) in [7, 11) is 0. The molecular formula is C10H9NO. The largest absolute Gasteiger partial charge is 0.342 e. The Labute approximate surface area is 70.9 Å². The normalized spacial score (nSPS) is 20.0. The smallest absolute Gasteiger partial charge is 0.252 e. The number of carbonyl (C=O) groups excluding carboxylic acids is 1. The molecule has 2 nitrogen and oxygen atoms in total. The van der Waals surface area contributed by atoms with Crippen molar-refractivity contribution in [1.29, 1.82) is 0 Å². The molecule has 0 bridgehead atoms. The van der Waals surface area contributed by atoms with Crippen molar-refractivity contribution in [3.05, 3.63) is 48.0 Å². The fraction of sp³-hybridized carbons (Fsp3) is 0.100. The van der Waals surface area contributed by atoms with Gasteiger partial charge < -0.3 is 5.32 Å². The molecule has 0 aliphatic carbocycles. The molecule has 0 fully saturated rings. The van der Waals surface area contributed by atoms with Crippen LogP contribution in [0.15, 0.2) is 36.9 Å². The maximum absolute atomic E-state index is 11.3. The van der Waals surface area contributed by atoms with Crippen LogP contribution >= 0.6 is 0 Å². The topological polar surface area (TPSA) is 29.1 Å². The Morgan fingerprint density at radius 3 is 2.92 bits per heavy atom. The summed E-state index contributed by atoms with van der Waals surface area (Å²) in [6, 6.07) is 7.56. The van der Waals surface area contributed by atoms with Gasteiger partial charge >= 0.3 is 0 Å². The lowest BCUT2D eigenvalue weighted by Gasteiger charge is -2.02. The second-order valence-electron chi connectivity index (χ2n) is 2.77. The molecular weight excluding hydrogens is 150 g/mol. The Morgan fingerprint density at radius 2 is 2.17 bits per heavy atom. The fourth-order valence-corrected chi connectivity index (χ4v) is 1.46. The molecule has 0 radical (unpaired) electrons. The minimum atomic E-state index is -0.00583. The second-order valence-corrected chi connectivity index (χ2v) is 2.77. The minimum Gasteiger partial charge on any atom is -0.342 e. The van der Waals surface area contributed by atoms with Crippen LogP contribution < -0.4 is 5.32 Å². The Bertz CT molecular complexity index is 343. The number of rotatable bonds is 1. The van der Waals surface area contributed by atoms with Crippen molar-refractivity contribution in [3.8, 4) is 0 Å². The SMILES string of the molecule is C=CC1NC(=O)c2ccccc21. The number of hydrogen-bond acceptors (Lipinski definition) is 1. The molecule has 0 spiro atoms. The Kier molecular flexibility index (Phi) is 1.47. The van der Waals surface area contributed by atoms with E-state index in [1.54, 1.807) is 6.08 Å². The molecule has 1 aromatic carbocycles. The van der Waals surface area contributed by atoms with Gasteiger partial charge in [0.05, 0.1) is 6.04 Å². The van der Waals surface area contributed by atoms with Gasteiger partial charge in [-0.15, -0.1) is 6.58 Å². The molecule has 1 unspecified atom stereocenters. The summed E-state index contributed by atoms with van der Waals surface area (Å²) in [5.41, 5.74) is 1.79. The van der Waals surface area contributed by atoms with Gasteiger partial charge in [0.25, 0.3) is 5.91 Å². The molecule has 0 saturated heterocycles. The van der Waals surface area contributed by atoms with Gasteiger partial charge in [0.15, 0.2) is 0 Å². The highest BCUT2D eigenvalue weighted by Crippen LogP contribution is 2.24. The van der Waals surface area contributed by atoms with Crippen molar-refractivity contribution < 1.29 is 4.79 Å². The predicted octanol–water partition coefficient (Wildman–Crippen LogP) is 1.66. The van der Waals surface area contributed by atoms with Crippen LogP contribution in [0.1, 0.15) is 22.0 Å². The fourth-order valence-electron chi connectivity index (χ4n) is 1.46. The monoisotopic (exact) mass is 159 g/mol. The van der Waals surface area contributed by atoms with Gasteiger partial charge in [-0.05, 0) is 11.6 Å². The van der Waals surface area contributed by atoms with Crippen LogP contribution in [-0.2, 0) is 0 Å². The van der Waals surface area contributed by atoms with E-state index >= 15 is 0 Å². The van der Waals surface area contributed by atoms with Crippen molar-refractivity contribution in [2.45, 2.75) is 6.04 Å². The van der Waals surface area contributed by atoms with Gasteiger partial charge in [-0.3, -0.25) is 4.79 Å². The predicted molar refractivity (Wildman–Crippen MR) is 46.8 cm³/mol. The zero-order valence-electron chi connectivity index (χ0n) is 6.58. The highest BCUT2D eigenvalue weighted by Gasteiger charge is 2.24. The van der Waals surface area contributed by atoms with Gasteiger partial charge in [0, 0.05) is 5.56 Å². The third kappa shape index (κ3) is 0.848. The highest BCUT2D eigenvalue weighted by atomic mass is 16.2. The molecule has 12 heavy (non-hydrogen) atoms. The first-order valence-electron chi connectivity index (χ1n) is 3.85. The van der Waals surface area contributed by atoms with E-state index in [4.69, 9.17) is 0 Å². The molecule has 1 heterocycles. The second kappa shape index (κ2) is 2.48. The van der Waals surface area contributed by atoms with E-state index in [2.05, 4.69) is 11.9 Å². The first-order valence-corrected chi connectivity index (χ1v) is 3.85. The molecule has 1 aliphatic rings. The van der Waals surface area contributed by atoms with Crippen molar-refractivity contribution in [2.24, 2.45) is 0 Å². The van der Waals surface area contributed by atoms with Crippen LogP contribution in [0, 0.1) is 0 Å². The quantitative estimate of drug-likeness (QED) is 0.620. The minimum absolute atomic E-state index is 0.00417. The third-order valence-corrected chi connectivity index (χ3v) is 2.06. The van der Waals surface area contributed by atoms with Crippen LogP contribution in [0.25, 0.3) is 0 Å². The molecule has 1 atom stereocenters. The van der Waals surface area contributed by atoms with Gasteiger partial charge in [0.1, 0.15) is 0 Å². The van der Waals surface area contributed by atoms with E-state index in [0.717, 1.165) is 11.1 Å². The number of hydrogen-bond donors (Lipinski definition) is 1. The number of carbonyl (C=O) groups is 1. The van der Waals surface area contributed by atoms with Crippen LogP contribution in [0.4, 0.5) is 0 Å². The number of benzene rings is 1. The lowest BCUT2D eigenvalue weighted by Crippen LogP contribution is -2.16. The molecule has 1 amide bonds.